The highest BCUT2D eigenvalue weighted by Crippen LogP contribution is 2.23. The summed E-state index contributed by atoms with van der Waals surface area (Å²) in [5, 5.41) is 0. The van der Waals surface area contributed by atoms with E-state index in [9.17, 15) is 4.79 Å². The van der Waals surface area contributed by atoms with Crippen molar-refractivity contribution in [3.8, 4) is 0 Å². The van der Waals surface area contributed by atoms with Crippen LogP contribution in [0.25, 0.3) is 0 Å². The average molecular weight is 264 g/mol. The first-order chi connectivity index (χ1) is 8.32. The van der Waals surface area contributed by atoms with Gasteiger partial charge in [-0.05, 0) is 12.1 Å². The summed E-state index contributed by atoms with van der Waals surface area (Å²) in [6, 6.07) is 9.60. The zero-order valence-electron chi connectivity index (χ0n) is 11.1. The first-order valence-corrected chi connectivity index (χ1v) is 6.38. The van der Waals surface area contributed by atoms with Gasteiger partial charge < -0.3 is 10.6 Å². The Bertz CT molecular complexity index is 423. The molecule has 1 aromatic carbocycles. The third-order valence-corrected chi connectivity index (χ3v) is 2.74. The van der Waals surface area contributed by atoms with E-state index in [2.05, 4.69) is 0 Å². The Balaban J connectivity index is 2.96. The fourth-order valence-corrected chi connectivity index (χ4v) is 1.67. The van der Waals surface area contributed by atoms with E-state index in [1.54, 1.807) is 4.90 Å². The van der Waals surface area contributed by atoms with Crippen molar-refractivity contribution in [2.24, 2.45) is 11.1 Å². The van der Waals surface area contributed by atoms with Gasteiger partial charge in [-0.2, -0.15) is 0 Å². The van der Waals surface area contributed by atoms with Crippen molar-refractivity contribution in [2.75, 3.05) is 11.4 Å². The Morgan fingerprint density at radius 3 is 2.28 bits per heavy atom. The normalized spacial score (nSPS) is 11.1. The minimum Gasteiger partial charge on any atom is -0.393 e. The molecular weight excluding hydrogens is 244 g/mol. The van der Waals surface area contributed by atoms with Gasteiger partial charge in [0.2, 0.25) is 5.91 Å². The topological polar surface area (TPSA) is 46.3 Å². The van der Waals surface area contributed by atoms with Crippen LogP contribution in [0.1, 0.15) is 27.2 Å². The van der Waals surface area contributed by atoms with Crippen LogP contribution in [0.3, 0.4) is 0 Å². The Morgan fingerprint density at radius 1 is 1.28 bits per heavy atom. The number of para-hydroxylation sites is 1. The van der Waals surface area contributed by atoms with Gasteiger partial charge in [0, 0.05) is 24.1 Å². The number of anilines is 1. The van der Waals surface area contributed by atoms with Crippen molar-refractivity contribution in [3.05, 3.63) is 30.3 Å². The van der Waals surface area contributed by atoms with E-state index in [-0.39, 0.29) is 5.91 Å². The van der Waals surface area contributed by atoms with Crippen LogP contribution in [0, 0.1) is 5.41 Å². The lowest BCUT2D eigenvalue weighted by Crippen LogP contribution is -2.41. The number of carbonyl (C=O) groups is 1. The average Bonchev–Trinajstić information content (AvgIpc) is 2.29. The molecule has 1 amide bonds. The summed E-state index contributed by atoms with van der Waals surface area (Å²) in [6.45, 7) is 6.25. The van der Waals surface area contributed by atoms with E-state index < -0.39 is 5.41 Å². The molecule has 98 valence electrons. The number of hydrogen-bond donors (Lipinski definition) is 1. The molecule has 0 aliphatic rings. The van der Waals surface area contributed by atoms with Gasteiger partial charge in [0.05, 0.1) is 4.99 Å². The minimum absolute atomic E-state index is 0.0740. The van der Waals surface area contributed by atoms with E-state index in [0.717, 1.165) is 5.69 Å². The Kier molecular flexibility index (Phi) is 4.84. The highest BCUT2D eigenvalue weighted by molar-refractivity contribution is 7.80. The van der Waals surface area contributed by atoms with Crippen molar-refractivity contribution in [2.45, 2.75) is 27.2 Å². The monoisotopic (exact) mass is 264 g/mol. The number of rotatable bonds is 4. The molecule has 4 heteroatoms. The Labute approximate surface area is 114 Å². The summed E-state index contributed by atoms with van der Waals surface area (Å²) in [6.07, 6.45) is 0.534. The largest absolute Gasteiger partial charge is 0.393 e. The predicted octanol–water partition coefficient (Wildman–Crippen LogP) is 2.74. The van der Waals surface area contributed by atoms with Crippen LogP contribution < -0.4 is 10.6 Å². The Hall–Kier alpha value is -1.42. The van der Waals surface area contributed by atoms with Gasteiger partial charge >= 0.3 is 0 Å². The lowest BCUT2D eigenvalue weighted by molar-refractivity contribution is -0.125. The van der Waals surface area contributed by atoms with Gasteiger partial charge in [-0.1, -0.05) is 51.2 Å². The maximum Gasteiger partial charge on any atom is 0.232 e. The molecule has 0 aliphatic heterocycles. The highest BCUT2D eigenvalue weighted by atomic mass is 32.1. The van der Waals surface area contributed by atoms with Gasteiger partial charge in [0.15, 0.2) is 0 Å². The minimum atomic E-state index is -0.425. The summed E-state index contributed by atoms with van der Waals surface area (Å²) in [7, 11) is 0. The van der Waals surface area contributed by atoms with E-state index in [4.69, 9.17) is 18.0 Å². The van der Waals surface area contributed by atoms with Gasteiger partial charge in [0.1, 0.15) is 0 Å². The molecule has 1 aromatic rings. The number of thiocarbonyl (C=S) groups is 1. The molecule has 0 radical (unpaired) electrons. The maximum atomic E-state index is 12.4. The zero-order valence-corrected chi connectivity index (χ0v) is 12.0. The standard InChI is InChI=1S/C14H20N2OS/c1-14(2,3)13(17)16(10-9-12(15)18)11-7-5-4-6-8-11/h4-8H,9-10H2,1-3H3,(H2,15,18). The van der Waals surface area contributed by atoms with Crippen molar-refractivity contribution in [3.63, 3.8) is 0 Å². The SMILES string of the molecule is CC(C)(C)C(=O)N(CCC(N)=S)c1ccccc1. The molecule has 0 saturated heterocycles. The lowest BCUT2D eigenvalue weighted by Gasteiger charge is -2.29. The molecule has 0 saturated carbocycles. The van der Waals surface area contributed by atoms with Crippen LogP contribution in [0.4, 0.5) is 5.69 Å². The first kappa shape index (κ1) is 14.6. The smallest absolute Gasteiger partial charge is 0.232 e. The predicted molar refractivity (Wildman–Crippen MR) is 79.7 cm³/mol. The van der Waals surface area contributed by atoms with Crippen molar-refractivity contribution >= 4 is 28.8 Å². The zero-order chi connectivity index (χ0) is 13.8. The summed E-state index contributed by atoms with van der Waals surface area (Å²) in [5.41, 5.74) is 5.98. The highest BCUT2D eigenvalue weighted by Gasteiger charge is 2.27. The maximum absolute atomic E-state index is 12.4. The van der Waals surface area contributed by atoms with E-state index in [1.165, 1.54) is 0 Å². The van der Waals surface area contributed by atoms with E-state index >= 15 is 0 Å². The number of benzene rings is 1. The molecule has 0 aromatic heterocycles. The van der Waals surface area contributed by atoms with Crippen molar-refractivity contribution in [1.29, 1.82) is 0 Å². The summed E-state index contributed by atoms with van der Waals surface area (Å²) >= 11 is 4.88. The molecule has 18 heavy (non-hydrogen) atoms. The fraction of sp³-hybridized carbons (Fsp3) is 0.429. The van der Waals surface area contributed by atoms with Crippen LogP contribution in [0.2, 0.25) is 0 Å². The fourth-order valence-electron chi connectivity index (χ4n) is 1.58. The molecule has 2 N–H and O–H groups in total. The van der Waals surface area contributed by atoms with E-state index in [1.807, 2.05) is 51.1 Å². The van der Waals surface area contributed by atoms with Gasteiger partial charge in [0.25, 0.3) is 0 Å². The second-order valence-corrected chi connectivity index (χ2v) is 5.78. The van der Waals surface area contributed by atoms with Crippen LogP contribution in [-0.2, 0) is 4.79 Å². The number of amides is 1. The second-order valence-electron chi connectivity index (χ2n) is 5.26. The van der Waals surface area contributed by atoms with Crippen LogP contribution in [0.15, 0.2) is 30.3 Å². The van der Waals surface area contributed by atoms with Crippen LogP contribution in [0.5, 0.6) is 0 Å². The molecule has 0 spiro atoms. The molecule has 0 atom stereocenters. The van der Waals surface area contributed by atoms with Crippen LogP contribution >= 0.6 is 12.2 Å². The quantitative estimate of drug-likeness (QED) is 0.851. The second kappa shape index (κ2) is 5.96. The van der Waals surface area contributed by atoms with Crippen molar-refractivity contribution < 1.29 is 4.79 Å². The third kappa shape index (κ3) is 4.11. The third-order valence-electron chi connectivity index (χ3n) is 2.54. The molecule has 0 aliphatic carbocycles. The summed E-state index contributed by atoms with van der Waals surface area (Å²) < 4.78 is 0. The molecule has 3 nitrogen and oxygen atoms in total. The molecule has 0 unspecified atom stereocenters. The molecule has 1 rings (SSSR count). The number of hydrogen-bond acceptors (Lipinski definition) is 2. The van der Waals surface area contributed by atoms with Gasteiger partial charge in [-0.25, -0.2) is 0 Å². The van der Waals surface area contributed by atoms with E-state index in [0.29, 0.717) is 18.0 Å². The van der Waals surface area contributed by atoms with Gasteiger partial charge in [-0.3, -0.25) is 4.79 Å². The van der Waals surface area contributed by atoms with Crippen molar-refractivity contribution in [1.82, 2.24) is 0 Å². The summed E-state index contributed by atoms with van der Waals surface area (Å²) in [5.74, 6) is 0.0740. The first-order valence-electron chi connectivity index (χ1n) is 5.97. The number of nitrogens with zero attached hydrogens (tertiary/aromatic N) is 1. The van der Waals surface area contributed by atoms with Crippen LogP contribution in [-0.4, -0.2) is 17.4 Å². The number of nitrogens with two attached hydrogens (primary N) is 1. The number of carbonyl (C=O) groups excluding carboxylic acids is 1. The lowest BCUT2D eigenvalue weighted by atomic mass is 9.94. The Morgan fingerprint density at radius 2 is 1.83 bits per heavy atom. The molecular formula is C14H20N2OS. The summed E-state index contributed by atoms with van der Waals surface area (Å²) in [4.78, 5) is 14.6. The van der Waals surface area contributed by atoms with Gasteiger partial charge in [-0.15, -0.1) is 0 Å². The molecule has 0 heterocycles. The molecule has 0 bridgehead atoms. The molecule has 0 fully saturated rings.